The van der Waals surface area contributed by atoms with Crippen molar-refractivity contribution in [3.63, 3.8) is 0 Å². The van der Waals surface area contributed by atoms with Crippen LogP contribution in [0.15, 0.2) is 58.4 Å². The van der Waals surface area contributed by atoms with Gasteiger partial charge < -0.3 is 9.64 Å². The first kappa shape index (κ1) is 16.0. The van der Waals surface area contributed by atoms with E-state index in [9.17, 15) is 4.79 Å². The zero-order valence-corrected chi connectivity index (χ0v) is 15.1. The fraction of sp³-hybridized carbons (Fsp3) is 0.167. The lowest BCUT2D eigenvalue weighted by molar-refractivity contribution is -0.132. The van der Waals surface area contributed by atoms with E-state index in [0.717, 1.165) is 20.1 Å². The summed E-state index contributed by atoms with van der Waals surface area (Å²) >= 11 is 5.21. The SMILES string of the molecule is CN(Cc1cccs1)C(=O)COc1ccc2ccccc2c1Br. The summed E-state index contributed by atoms with van der Waals surface area (Å²) in [6, 6.07) is 15.9. The Kier molecular flexibility index (Phi) is 4.98. The Morgan fingerprint density at radius 3 is 2.78 bits per heavy atom. The number of amides is 1. The maximum absolute atomic E-state index is 12.2. The highest BCUT2D eigenvalue weighted by molar-refractivity contribution is 9.10. The molecule has 0 radical (unpaired) electrons. The molecule has 3 aromatic rings. The molecule has 0 aliphatic heterocycles. The minimum Gasteiger partial charge on any atom is -0.483 e. The second kappa shape index (κ2) is 7.15. The number of rotatable bonds is 5. The lowest BCUT2D eigenvalue weighted by atomic mass is 10.1. The zero-order chi connectivity index (χ0) is 16.2. The van der Waals surface area contributed by atoms with Gasteiger partial charge in [-0.05, 0) is 44.2 Å². The molecular weight excluding hydrogens is 374 g/mol. The molecule has 0 aliphatic carbocycles. The molecule has 1 amide bonds. The summed E-state index contributed by atoms with van der Waals surface area (Å²) in [6.45, 7) is 0.636. The second-order valence-corrected chi connectivity index (χ2v) is 7.04. The van der Waals surface area contributed by atoms with Crippen LogP contribution in [0.3, 0.4) is 0 Å². The van der Waals surface area contributed by atoms with E-state index in [-0.39, 0.29) is 12.5 Å². The number of carbonyl (C=O) groups excluding carboxylic acids is 1. The first-order valence-corrected chi connectivity index (χ1v) is 8.89. The fourth-order valence-corrected chi connectivity index (χ4v) is 3.66. The van der Waals surface area contributed by atoms with Gasteiger partial charge in [0.25, 0.3) is 5.91 Å². The van der Waals surface area contributed by atoms with E-state index < -0.39 is 0 Å². The van der Waals surface area contributed by atoms with E-state index in [1.807, 2.05) is 53.9 Å². The Morgan fingerprint density at radius 1 is 1.17 bits per heavy atom. The van der Waals surface area contributed by atoms with Crippen LogP contribution in [0.25, 0.3) is 10.8 Å². The van der Waals surface area contributed by atoms with Gasteiger partial charge in [0.1, 0.15) is 5.75 Å². The number of fused-ring (bicyclic) bond motifs is 1. The maximum Gasteiger partial charge on any atom is 0.260 e. The minimum absolute atomic E-state index is 0.0266. The molecule has 1 aromatic heterocycles. The summed E-state index contributed by atoms with van der Waals surface area (Å²) in [7, 11) is 1.79. The number of halogens is 1. The Bertz CT molecular complexity index is 817. The van der Waals surface area contributed by atoms with Crippen molar-refractivity contribution in [3.8, 4) is 5.75 Å². The molecule has 0 aliphatic rings. The Morgan fingerprint density at radius 2 is 2.00 bits per heavy atom. The van der Waals surface area contributed by atoms with E-state index in [1.165, 1.54) is 0 Å². The van der Waals surface area contributed by atoms with Gasteiger partial charge in [0.2, 0.25) is 0 Å². The summed E-state index contributed by atoms with van der Waals surface area (Å²) in [5.41, 5.74) is 0. The molecule has 3 rings (SSSR count). The third-order valence-corrected chi connectivity index (χ3v) is 5.26. The summed E-state index contributed by atoms with van der Waals surface area (Å²) in [6.07, 6.45) is 0. The molecule has 0 fully saturated rings. The van der Waals surface area contributed by atoms with Gasteiger partial charge in [-0.1, -0.05) is 36.4 Å². The summed E-state index contributed by atoms with van der Waals surface area (Å²) in [4.78, 5) is 15.0. The first-order chi connectivity index (χ1) is 11.1. The number of benzene rings is 2. The molecule has 5 heteroatoms. The van der Waals surface area contributed by atoms with Crippen LogP contribution >= 0.6 is 27.3 Å². The smallest absolute Gasteiger partial charge is 0.260 e. The highest BCUT2D eigenvalue weighted by Crippen LogP contribution is 2.33. The molecule has 0 N–H and O–H groups in total. The number of carbonyl (C=O) groups is 1. The second-order valence-electron chi connectivity index (χ2n) is 5.22. The van der Waals surface area contributed by atoms with E-state index in [4.69, 9.17) is 4.74 Å². The van der Waals surface area contributed by atoms with Gasteiger partial charge in [0, 0.05) is 11.9 Å². The van der Waals surface area contributed by atoms with Crippen molar-refractivity contribution in [3.05, 3.63) is 63.3 Å². The quantitative estimate of drug-likeness (QED) is 0.632. The molecular formula is C18H16BrNO2S. The summed E-state index contributed by atoms with van der Waals surface area (Å²) < 4.78 is 6.59. The molecule has 0 unspecified atom stereocenters. The van der Waals surface area contributed by atoms with Crippen LogP contribution in [-0.4, -0.2) is 24.5 Å². The average molecular weight is 390 g/mol. The molecule has 2 aromatic carbocycles. The number of ether oxygens (including phenoxy) is 1. The predicted octanol–water partition coefficient (Wildman–Crippen LogP) is 4.70. The molecule has 1 heterocycles. The number of nitrogens with zero attached hydrogens (tertiary/aromatic N) is 1. The van der Waals surface area contributed by atoms with Crippen LogP contribution in [-0.2, 0) is 11.3 Å². The molecule has 0 bridgehead atoms. The van der Waals surface area contributed by atoms with Crippen LogP contribution in [0.1, 0.15) is 4.88 Å². The molecule has 0 atom stereocenters. The molecule has 23 heavy (non-hydrogen) atoms. The van der Waals surface area contributed by atoms with Crippen LogP contribution in [0.2, 0.25) is 0 Å². The third kappa shape index (κ3) is 3.74. The van der Waals surface area contributed by atoms with Crippen molar-refractivity contribution in [2.75, 3.05) is 13.7 Å². The predicted molar refractivity (Wildman–Crippen MR) is 97.9 cm³/mol. The summed E-state index contributed by atoms with van der Waals surface area (Å²) in [5.74, 6) is 0.639. The number of thiophene rings is 1. The highest BCUT2D eigenvalue weighted by atomic mass is 79.9. The van der Waals surface area contributed by atoms with E-state index in [2.05, 4.69) is 15.9 Å². The van der Waals surface area contributed by atoms with Gasteiger partial charge in [0.05, 0.1) is 11.0 Å². The Hall–Kier alpha value is -1.85. The van der Waals surface area contributed by atoms with Crippen LogP contribution < -0.4 is 4.74 Å². The van der Waals surface area contributed by atoms with Crippen molar-refractivity contribution in [2.24, 2.45) is 0 Å². The van der Waals surface area contributed by atoms with Crippen LogP contribution in [0.5, 0.6) is 5.75 Å². The molecule has 0 saturated heterocycles. The van der Waals surface area contributed by atoms with Crippen LogP contribution in [0, 0.1) is 0 Å². The third-order valence-electron chi connectivity index (χ3n) is 3.58. The van der Waals surface area contributed by atoms with Crippen molar-refractivity contribution in [2.45, 2.75) is 6.54 Å². The Balaban J connectivity index is 1.66. The van der Waals surface area contributed by atoms with E-state index in [0.29, 0.717) is 12.3 Å². The lowest BCUT2D eigenvalue weighted by Gasteiger charge is -2.17. The minimum atomic E-state index is -0.0431. The monoisotopic (exact) mass is 389 g/mol. The van der Waals surface area contributed by atoms with E-state index in [1.54, 1.807) is 23.3 Å². The van der Waals surface area contributed by atoms with Gasteiger partial charge >= 0.3 is 0 Å². The van der Waals surface area contributed by atoms with Crippen molar-refractivity contribution in [1.82, 2.24) is 4.90 Å². The fourth-order valence-electron chi connectivity index (χ4n) is 2.30. The Labute approximate surface area is 147 Å². The van der Waals surface area contributed by atoms with Gasteiger partial charge in [-0.2, -0.15) is 0 Å². The normalized spacial score (nSPS) is 10.7. The molecule has 0 saturated carbocycles. The van der Waals surface area contributed by atoms with Crippen molar-refractivity contribution >= 4 is 43.9 Å². The van der Waals surface area contributed by atoms with Crippen LogP contribution in [0.4, 0.5) is 0 Å². The maximum atomic E-state index is 12.2. The van der Waals surface area contributed by atoms with Gasteiger partial charge in [-0.15, -0.1) is 11.3 Å². The first-order valence-electron chi connectivity index (χ1n) is 7.21. The zero-order valence-electron chi connectivity index (χ0n) is 12.7. The van der Waals surface area contributed by atoms with E-state index >= 15 is 0 Å². The highest BCUT2D eigenvalue weighted by Gasteiger charge is 2.12. The van der Waals surface area contributed by atoms with Crippen molar-refractivity contribution < 1.29 is 9.53 Å². The molecule has 118 valence electrons. The van der Waals surface area contributed by atoms with Gasteiger partial charge in [0.15, 0.2) is 6.61 Å². The number of hydrogen-bond donors (Lipinski definition) is 0. The standard InChI is InChI=1S/C18H16BrNO2S/c1-20(11-14-6-4-10-23-14)17(21)12-22-16-9-8-13-5-2-3-7-15(13)18(16)19/h2-10H,11-12H2,1H3. The lowest BCUT2D eigenvalue weighted by Crippen LogP contribution is -2.30. The van der Waals surface area contributed by atoms with Crippen molar-refractivity contribution in [1.29, 1.82) is 0 Å². The largest absolute Gasteiger partial charge is 0.483 e. The average Bonchev–Trinajstić information content (AvgIpc) is 3.07. The molecule has 0 spiro atoms. The summed E-state index contributed by atoms with van der Waals surface area (Å²) in [5, 5.41) is 4.22. The van der Waals surface area contributed by atoms with Gasteiger partial charge in [-0.3, -0.25) is 4.79 Å². The number of likely N-dealkylation sites (N-methyl/N-ethyl adjacent to an activating group) is 1. The number of hydrogen-bond acceptors (Lipinski definition) is 3. The van der Waals surface area contributed by atoms with Gasteiger partial charge in [-0.25, -0.2) is 0 Å². The topological polar surface area (TPSA) is 29.5 Å². The molecule has 3 nitrogen and oxygen atoms in total.